The summed E-state index contributed by atoms with van der Waals surface area (Å²) < 4.78 is 2.22. The number of aryl methyl sites for hydroxylation is 2. The summed E-state index contributed by atoms with van der Waals surface area (Å²) >= 11 is 0. The molecule has 3 aliphatic rings. The highest BCUT2D eigenvalue weighted by Crippen LogP contribution is 2.36. The molecule has 5 nitrogen and oxygen atoms in total. The molecule has 166 valence electrons. The monoisotopic (exact) mass is 428 g/mol. The van der Waals surface area contributed by atoms with Crippen LogP contribution in [0, 0.1) is 5.92 Å². The van der Waals surface area contributed by atoms with Crippen molar-refractivity contribution in [3.63, 3.8) is 0 Å². The smallest absolute Gasteiger partial charge is 0.256 e. The van der Waals surface area contributed by atoms with E-state index in [0.717, 1.165) is 41.4 Å². The number of nitrogens with zero attached hydrogens (tertiary/aromatic N) is 3. The minimum absolute atomic E-state index is 0.0113. The molecule has 1 amide bonds. The average molecular weight is 429 g/mol. The fourth-order valence-electron chi connectivity index (χ4n) is 5.93. The number of benzene rings is 2. The molecule has 1 N–H and O–H groups in total. The lowest BCUT2D eigenvalue weighted by Gasteiger charge is -2.42. The van der Waals surface area contributed by atoms with Crippen molar-refractivity contribution in [3.05, 3.63) is 59.4 Å². The van der Waals surface area contributed by atoms with Crippen LogP contribution < -0.4 is 5.32 Å². The van der Waals surface area contributed by atoms with E-state index in [4.69, 9.17) is 5.10 Å². The number of carbonyl (C=O) groups is 1. The molecule has 2 fully saturated rings. The topological polar surface area (TPSA) is 50.2 Å². The van der Waals surface area contributed by atoms with Crippen LogP contribution in [0.4, 0.5) is 5.69 Å². The van der Waals surface area contributed by atoms with Gasteiger partial charge < -0.3 is 10.2 Å². The number of nitrogens with one attached hydrogen (secondary N) is 1. The quantitative estimate of drug-likeness (QED) is 0.586. The summed E-state index contributed by atoms with van der Waals surface area (Å²) in [6.07, 6.45) is 12.9. The third-order valence-corrected chi connectivity index (χ3v) is 8.24. The lowest BCUT2D eigenvalue weighted by Crippen LogP contribution is -2.45. The Hall–Kier alpha value is -2.66. The molecule has 1 saturated carbocycles. The second kappa shape index (κ2) is 8.04. The van der Waals surface area contributed by atoms with Crippen molar-refractivity contribution in [2.75, 3.05) is 18.4 Å². The molecule has 32 heavy (non-hydrogen) atoms. The van der Waals surface area contributed by atoms with Gasteiger partial charge in [0.1, 0.15) is 0 Å². The number of aromatic nitrogens is 2. The van der Waals surface area contributed by atoms with Gasteiger partial charge in [0.05, 0.1) is 12.2 Å². The zero-order valence-electron chi connectivity index (χ0n) is 18.9. The SMILES string of the molecule is CC(C1CCC1)N1CCC(n2cc(CCc3ccc4c5c(cccc35)C(=O)N4)cn2)CC1. The Balaban J connectivity index is 1.10. The Labute approximate surface area is 189 Å². The van der Waals surface area contributed by atoms with Crippen LogP contribution in [0.1, 0.15) is 66.6 Å². The van der Waals surface area contributed by atoms with Gasteiger partial charge >= 0.3 is 0 Å². The Morgan fingerprint density at radius 1 is 1.09 bits per heavy atom. The van der Waals surface area contributed by atoms with Gasteiger partial charge in [-0.05, 0) is 80.0 Å². The molecule has 3 heterocycles. The largest absolute Gasteiger partial charge is 0.321 e. The predicted octanol–water partition coefficient (Wildman–Crippen LogP) is 5.21. The Kier molecular flexibility index (Phi) is 5.02. The van der Waals surface area contributed by atoms with Crippen LogP contribution in [0.5, 0.6) is 0 Å². The van der Waals surface area contributed by atoms with Crippen LogP contribution in [-0.4, -0.2) is 39.7 Å². The van der Waals surface area contributed by atoms with E-state index in [1.165, 1.54) is 61.7 Å². The molecule has 1 aliphatic carbocycles. The molecular weight excluding hydrogens is 396 g/mol. The number of hydrogen-bond acceptors (Lipinski definition) is 3. The maximum absolute atomic E-state index is 12.2. The molecule has 0 radical (unpaired) electrons. The molecule has 3 aromatic rings. The van der Waals surface area contributed by atoms with Crippen molar-refractivity contribution in [1.29, 1.82) is 0 Å². The van der Waals surface area contributed by atoms with Gasteiger partial charge in [0, 0.05) is 42.0 Å². The van der Waals surface area contributed by atoms with Gasteiger partial charge in [-0.1, -0.05) is 24.6 Å². The number of hydrogen-bond donors (Lipinski definition) is 1. The third kappa shape index (κ3) is 3.43. The van der Waals surface area contributed by atoms with Gasteiger partial charge in [-0.3, -0.25) is 9.48 Å². The molecule has 0 bridgehead atoms. The number of amides is 1. The molecule has 5 heteroatoms. The van der Waals surface area contributed by atoms with Gasteiger partial charge in [0.15, 0.2) is 0 Å². The molecule has 1 atom stereocenters. The molecule has 1 unspecified atom stereocenters. The fraction of sp³-hybridized carbons (Fsp3) is 0.481. The second-order valence-corrected chi connectivity index (χ2v) is 9.98. The molecule has 6 rings (SSSR count). The first-order valence-electron chi connectivity index (χ1n) is 12.3. The van der Waals surface area contributed by atoms with Crippen LogP contribution in [0.3, 0.4) is 0 Å². The van der Waals surface area contributed by atoms with E-state index in [9.17, 15) is 4.79 Å². The third-order valence-electron chi connectivity index (χ3n) is 8.24. The Morgan fingerprint density at radius 3 is 2.72 bits per heavy atom. The zero-order chi connectivity index (χ0) is 21.7. The lowest BCUT2D eigenvalue weighted by atomic mass is 9.79. The summed E-state index contributed by atoms with van der Waals surface area (Å²) in [4.78, 5) is 14.9. The van der Waals surface area contributed by atoms with Crippen molar-refractivity contribution >= 4 is 22.4 Å². The van der Waals surface area contributed by atoms with Crippen LogP contribution in [0.15, 0.2) is 42.7 Å². The van der Waals surface area contributed by atoms with E-state index in [-0.39, 0.29) is 5.91 Å². The average Bonchev–Trinajstić information content (AvgIpc) is 3.38. The standard InChI is InChI=1S/C27H32N4O/c1-18(20-4-2-5-20)30-14-12-22(13-15-30)31-17-19(16-28-31)8-9-21-10-11-25-26-23(21)6-3-7-24(26)27(32)29-25/h3,6-7,10-11,16-18,20,22H,2,4-5,8-9,12-15H2,1H3,(H,29,32). The first kappa shape index (κ1) is 20.0. The number of carbonyl (C=O) groups excluding carboxylic acids is 1. The maximum Gasteiger partial charge on any atom is 0.256 e. The van der Waals surface area contributed by atoms with Crippen LogP contribution in [0.25, 0.3) is 10.8 Å². The van der Waals surface area contributed by atoms with Crippen LogP contribution in [0.2, 0.25) is 0 Å². The first-order valence-corrected chi connectivity index (χ1v) is 12.3. The lowest BCUT2D eigenvalue weighted by molar-refractivity contribution is 0.0736. The molecule has 2 aliphatic heterocycles. The molecule has 1 aromatic heterocycles. The zero-order valence-corrected chi connectivity index (χ0v) is 18.9. The predicted molar refractivity (Wildman–Crippen MR) is 128 cm³/mol. The number of rotatable bonds is 6. The molecule has 0 spiro atoms. The minimum atomic E-state index is 0.0113. The summed E-state index contributed by atoms with van der Waals surface area (Å²) in [6.45, 7) is 4.83. The summed E-state index contributed by atoms with van der Waals surface area (Å²) in [5.41, 5.74) is 4.33. The highest BCUT2D eigenvalue weighted by atomic mass is 16.1. The Bertz CT molecular complexity index is 1150. The van der Waals surface area contributed by atoms with E-state index < -0.39 is 0 Å². The summed E-state index contributed by atoms with van der Waals surface area (Å²) in [5, 5.41) is 9.99. The van der Waals surface area contributed by atoms with E-state index in [2.05, 4.69) is 46.3 Å². The normalized spacial score (nSPS) is 20.5. The first-order chi connectivity index (χ1) is 15.7. The van der Waals surface area contributed by atoms with E-state index in [1.54, 1.807) is 0 Å². The van der Waals surface area contributed by atoms with Gasteiger partial charge in [0.25, 0.3) is 5.91 Å². The molecule has 1 saturated heterocycles. The van der Waals surface area contributed by atoms with Crippen molar-refractivity contribution in [2.24, 2.45) is 5.92 Å². The van der Waals surface area contributed by atoms with Gasteiger partial charge in [-0.15, -0.1) is 0 Å². The fourth-order valence-corrected chi connectivity index (χ4v) is 5.93. The van der Waals surface area contributed by atoms with Crippen LogP contribution >= 0.6 is 0 Å². The van der Waals surface area contributed by atoms with Crippen LogP contribution in [-0.2, 0) is 12.8 Å². The van der Waals surface area contributed by atoms with Gasteiger partial charge in [-0.25, -0.2) is 0 Å². The number of likely N-dealkylation sites (tertiary alicyclic amines) is 1. The highest BCUT2D eigenvalue weighted by molar-refractivity contribution is 6.24. The highest BCUT2D eigenvalue weighted by Gasteiger charge is 2.31. The molecule has 2 aromatic carbocycles. The van der Waals surface area contributed by atoms with Gasteiger partial charge in [0.2, 0.25) is 0 Å². The number of anilines is 1. The van der Waals surface area contributed by atoms with Crippen molar-refractivity contribution in [2.45, 2.75) is 64.0 Å². The Morgan fingerprint density at radius 2 is 1.94 bits per heavy atom. The van der Waals surface area contributed by atoms with E-state index in [0.29, 0.717) is 6.04 Å². The van der Waals surface area contributed by atoms with Crippen molar-refractivity contribution < 1.29 is 4.79 Å². The second-order valence-electron chi connectivity index (χ2n) is 9.98. The summed E-state index contributed by atoms with van der Waals surface area (Å²) in [6, 6.07) is 11.5. The molecular formula is C27H32N4O. The summed E-state index contributed by atoms with van der Waals surface area (Å²) in [7, 11) is 0. The summed E-state index contributed by atoms with van der Waals surface area (Å²) in [5.74, 6) is 0.944. The van der Waals surface area contributed by atoms with E-state index >= 15 is 0 Å². The van der Waals surface area contributed by atoms with Crippen molar-refractivity contribution in [3.8, 4) is 0 Å². The van der Waals surface area contributed by atoms with Gasteiger partial charge in [-0.2, -0.15) is 5.10 Å². The number of piperidine rings is 1. The van der Waals surface area contributed by atoms with E-state index in [1.807, 2.05) is 18.2 Å². The maximum atomic E-state index is 12.2. The minimum Gasteiger partial charge on any atom is -0.321 e. The van der Waals surface area contributed by atoms with Crippen molar-refractivity contribution in [1.82, 2.24) is 14.7 Å².